The highest BCUT2D eigenvalue weighted by Gasteiger charge is 2.16. The second-order valence-corrected chi connectivity index (χ2v) is 5.91. The van der Waals surface area contributed by atoms with Crippen LogP contribution in [0.2, 0.25) is 5.02 Å². The molecule has 1 N–H and O–H groups in total. The van der Waals surface area contributed by atoms with Crippen LogP contribution in [0.1, 0.15) is 23.6 Å². The van der Waals surface area contributed by atoms with Gasteiger partial charge in [0.1, 0.15) is 5.75 Å². The summed E-state index contributed by atoms with van der Waals surface area (Å²) < 4.78 is 5.76. The number of carbonyl (C=O) groups excluding carboxylic acids is 1. The molecule has 0 aliphatic heterocycles. The van der Waals surface area contributed by atoms with E-state index in [9.17, 15) is 4.79 Å². The highest BCUT2D eigenvalue weighted by Crippen LogP contribution is 2.22. The van der Waals surface area contributed by atoms with E-state index in [0.717, 1.165) is 22.4 Å². The summed E-state index contributed by atoms with van der Waals surface area (Å²) in [6, 6.07) is 11.3. The van der Waals surface area contributed by atoms with Gasteiger partial charge in [-0.2, -0.15) is 0 Å². The maximum atomic E-state index is 12.3. The Morgan fingerprint density at radius 3 is 2.50 bits per heavy atom. The molecule has 2 aromatic rings. The number of aryl methyl sites for hydroxylation is 3. The third-order valence-corrected chi connectivity index (χ3v) is 3.70. The minimum Gasteiger partial charge on any atom is -0.481 e. The van der Waals surface area contributed by atoms with Crippen molar-refractivity contribution in [3.8, 4) is 5.75 Å². The van der Waals surface area contributed by atoms with Gasteiger partial charge in [-0.15, -0.1) is 0 Å². The SMILES string of the molecule is Cc1ccc(O[C@@H](C)C(=O)Nc2cc(Cl)ccc2C)c(C)c1. The first-order valence-corrected chi connectivity index (χ1v) is 7.55. The fraction of sp³-hybridized carbons (Fsp3) is 0.278. The van der Waals surface area contributed by atoms with E-state index in [1.807, 2.05) is 45.0 Å². The van der Waals surface area contributed by atoms with Crippen LogP contribution < -0.4 is 10.1 Å². The summed E-state index contributed by atoms with van der Waals surface area (Å²) in [6.45, 7) is 7.64. The molecule has 0 fully saturated rings. The van der Waals surface area contributed by atoms with E-state index in [2.05, 4.69) is 5.32 Å². The molecular weight excluding hydrogens is 298 g/mol. The van der Waals surface area contributed by atoms with Crippen LogP contribution >= 0.6 is 11.6 Å². The number of hydrogen-bond donors (Lipinski definition) is 1. The van der Waals surface area contributed by atoms with E-state index in [4.69, 9.17) is 16.3 Å². The molecule has 0 radical (unpaired) electrons. The summed E-state index contributed by atoms with van der Waals surface area (Å²) in [6.07, 6.45) is -0.597. The Morgan fingerprint density at radius 1 is 1.09 bits per heavy atom. The maximum Gasteiger partial charge on any atom is 0.265 e. The monoisotopic (exact) mass is 317 g/mol. The zero-order chi connectivity index (χ0) is 16.3. The van der Waals surface area contributed by atoms with Crippen molar-refractivity contribution in [3.63, 3.8) is 0 Å². The van der Waals surface area contributed by atoms with Crippen LogP contribution in [0.3, 0.4) is 0 Å². The summed E-state index contributed by atoms with van der Waals surface area (Å²) in [7, 11) is 0. The summed E-state index contributed by atoms with van der Waals surface area (Å²) in [5, 5.41) is 3.44. The van der Waals surface area contributed by atoms with Crippen molar-refractivity contribution in [1.29, 1.82) is 0 Å². The number of nitrogens with one attached hydrogen (secondary N) is 1. The number of anilines is 1. The first kappa shape index (κ1) is 16.4. The largest absolute Gasteiger partial charge is 0.481 e. The lowest BCUT2D eigenvalue weighted by atomic mass is 10.1. The van der Waals surface area contributed by atoms with Crippen molar-refractivity contribution < 1.29 is 9.53 Å². The number of benzene rings is 2. The average Bonchev–Trinajstić information content (AvgIpc) is 2.45. The lowest BCUT2D eigenvalue weighted by Gasteiger charge is -2.17. The Hall–Kier alpha value is -2.00. The van der Waals surface area contributed by atoms with E-state index >= 15 is 0 Å². The zero-order valence-corrected chi connectivity index (χ0v) is 14.0. The molecule has 0 aromatic heterocycles. The van der Waals surface area contributed by atoms with Crippen LogP contribution in [0, 0.1) is 20.8 Å². The summed E-state index contributed by atoms with van der Waals surface area (Å²) in [5.41, 5.74) is 3.83. The van der Waals surface area contributed by atoms with Crippen LogP contribution in [0.5, 0.6) is 5.75 Å². The minimum atomic E-state index is -0.597. The Kier molecular flexibility index (Phi) is 5.09. The number of amides is 1. The summed E-state index contributed by atoms with van der Waals surface area (Å²) in [4.78, 5) is 12.3. The van der Waals surface area contributed by atoms with Crippen LogP contribution in [0.25, 0.3) is 0 Å². The number of ether oxygens (including phenoxy) is 1. The third kappa shape index (κ3) is 4.01. The van der Waals surface area contributed by atoms with Gasteiger partial charge < -0.3 is 10.1 Å². The van der Waals surface area contributed by atoms with Gasteiger partial charge in [0.25, 0.3) is 5.91 Å². The predicted molar refractivity (Wildman–Crippen MR) is 90.8 cm³/mol. The molecule has 4 heteroatoms. The molecule has 0 aliphatic rings. The van der Waals surface area contributed by atoms with E-state index in [1.54, 1.807) is 19.1 Å². The normalized spacial score (nSPS) is 11.9. The van der Waals surface area contributed by atoms with E-state index in [0.29, 0.717) is 10.7 Å². The molecule has 0 unspecified atom stereocenters. The van der Waals surface area contributed by atoms with Gasteiger partial charge in [-0.05, 0) is 57.0 Å². The Morgan fingerprint density at radius 2 is 1.82 bits per heavy atom. The van der Waals surface area contributed by atoms with Gasteiger partial charge in [0.05, 0.1) is 0 Å². The maximum absolute atomic E-state index is 12.3. The molecule has 22 heavy (non-hydrogen) atoms. The standard InChI is InChI=1S/C18H20ClNO2/c1-11-5-8-17(13(3)9-11)22-14(4)18(21)20-16-10-15(19)7-6-12(16)2/h5-10,14H,1-4H3,(H,20,21)/t14-/m0/s1. The van der Waals surface area contributed by atoms with Gasteiger partial charge in [-0.3, -0.25) is 4.79 Å². The molecule has 1 atom stereocenters. The van der Waals surface area contributed by atoms with Crippen LogP contribution in [0.15, 0.2) is 36.4 Å². The molecule has 0 heterocycles. The van der Waals surface area contributed by atoms with Crippen LogP contribution in [-0.4, -0.2) is 12.0 Å². The highest BCUT2D eigenvalue weighted by molar-refractivity contribution is 6.31. The quantitative estimate of drug-likeness (QED) is 0.889. The zero-order valence-electron chi connectivity index (χ0n) is 13.2. The van der Waals surface area contributed by atoms with Gasteiger partial charge in [-0.25, -0.2) is 0 Å². The molecule has 2 aromatic carbocycles. The fourth-order valence-corrected chi connectivity index (χ4v) is 2.31. The second kappa shape index (κ2) is 6.84. The predicted octanol–water partition coefficient (Wildman–Crippen LogP) is 4.67. The third-order valence-electron chi connectivity index (χ3n) is 3.46. The summed E-state index contributed by atoms with van der Waals surface area (Å²) in [5.74, 6) is 0.515. The first-order chi connectivity index (χ1) is 10.4. The molecule has 0 saturated carbocycles. The van der Waals surface area contributed by atoms with Crippen molar-refractivity contribution in [2.24, 2.45) is 0 Å². The van der Waals surface area contributed by atoms with Crippen molar-refractivity contribution in [1.82, 2.24) is 0 Å². The van der Waals surface area contributed by atoms with Gasteiger partial charge in [0.15, 0.2) is 6.10 Å². The molecule has 1 amide bonds. The van der Waals surface area contributed by atoms with Crippen LogP contribution in [0.4, 0.5) is 5.69 Å². The lowest BCUT2D eigenvalue weighted by molar-refractivity contribution is -0.122. The molecule has 0 spiro atoms. The van der Waals surface area contributed by atoms with Gasteiger partial charge in [-0.1, -0.05) is 35.4 Å². The number of rotatable bonds is 4. The molecule has 0 saturated heterocycles. The molecule has 0 aliphatic carbocycles. The lowest BCUT2D eigenvalue weighted by Crippen LogP contribution is -2.30. The van der Waals surface area contributed by atoms with E-state index < -0.39 is 6.10 Å². The molecular formula is C18H20ClNO2. The van der Waals surface area contributed by atoms with E-state index in [1.165, 1.54) is 0 Å². The van der Waals surface area contributed by atoms with Crippen molar-refractivity contribution in [2.75, 3.05) is 5.32 Å². The second-order valence-electron chi connectivity index (χ2n) is 5.48. The van der Waals surface area contributed by atoms with Gasteiger partial charge in [0, 0.05) is 10.7 Å². The molecule has 2 rings (SSSR count). The fourth-order valence-electron chi connectivity index (χ4n) is 2.14. The minimum absolute atomic E-state index is 0.203. The Labute approximate surface area is 136 Å². The van der Waals surface area contributed by atoms with Crippen molar-refractivity contribution in [3.05, 3.63) is 58.1 Å². The molecule has 116 valence electrons. The Bertz CT molecular complexity index is 697. The average molecular weight is 318 g/mol. The van der Waals surface area contributed by atoms with Gasteiger partial charge in [0.2, 0.25) is 0 Å². The van der Waals surface area contributed by atoms with Crippen molar-refractivity contribution in [2.45, 2.75) is 33.8 Å². The summed E-state index contributed by atoms with van der Waals surface area (Å²) >= 11 is 5.96. The van der Waals surface area contributed by atoms with Crippen LogP contribution in [-0.2, 0) is 4.79 Å². The highest BCUT2D eigenvalue weighted by atomic mass is 35.5. The molecule has 3 nitrogen and oxygen atoms in total. The Balaban J connectivity index is 2.07. The smallest absolute Gasteiger partial charge is 0.265 e. The molecule has 0 bridgehead atoms. The number of halogens is 1. The van der Waals surface area contributed by atoms with Crippen molar-refractivity contribution >= 4 is 23.2 Å². The topological polar surface area (TPSA) is 38.3 Å². The van der Waals surface area contributed by atoms with E-state index in [-0.39, 0.29) is 5.91 Å². The first-order valence-electron chi connectivity index (χ1n) is 7.18. The van der Waals surface area contributed by atoms with Gasteiger partial charge >= 0.3 is 0 Å². The number of hydrogen-bond acceptors (Lipinski definition) is 2. The number of carbonyl (C=O) groups is 1.